The third-order valence-corrected chi connectivity index (χ3v) is 3.69. The van der Waals surface area contributed by atoms with E-state index in [2.05, 4.69) is 24.4 Å². The Morgan fingerprint density at radius 1 is 1.14 bits per heavy atom. The lowest BCUT2D eigenvalue weighted by molar-refractivity contribution is 0.396. The van der Waals surface area contributed by atoms with Crippen LogP contribution in [-0.4, -0.2) is 6.54 Å². The van der Waals surface area contributed by atoms with E-state index in [1.165, 1.54) is 0 Å². The highest BCUT2D eigenvalue weighted by Gasteiger charge is 2.16. The van der Waals surface area contributed by atoms with Gasteiger partial charge in [0.1, 0.15) is 17.1 Å². The molecule has 1 N–H and O–H groups in total. The van der Waals surface area contributed by atoms with Crippen LogP contribution in [0.4, 0.5) is 0 Å². The van der Waals surface area contributed by atoms with Crippen LogP contribution >= 0.6 is 0 Å². The van der Waals surface area contributed by atoms with Crippen LogP contribution in [0, 0.1) is 0 Å². The summed E-state index contributed by atoms with van der Waals surface area (Å²) in [6, 6.07) is 14.5. The normalized spacial score (nSPS) is 12.8. The first kappa shape index (κ1) is 14.0. The molecule has 110 valence electrons. The maximum Gasteiger partial charge on any atom is 0.134 e. The van der Waals surface area contributed by atoms with E-state index in [4.69, 9.17) is 8.83 Å². The molecule has 21 heavy (non-hydrogen) atoms. The first-order chi connectivity index (χ1) is 10.4. The van der Waals surface area contributed by atoms with E-state index in [0.717, 1.165) is 48.3 Å². The first-order valence-corrected chi connectivity index (χ1v) is 7.61. The van der Waals surface area contributed by atoms with Crippen molar-refractivity contribution < 1.29 is 8.83 Å². The highest BCUT2D eigenvalue weighted by molar-refractivity contribution is 5.77. The lowest BCUT2D eigenvalue weighted by Gasteiger charge is -2.15. The molecule has 1 atom stereocenters. The summed E-state index contributed by atoms with van der Waals surface area (Å²) in [5.41, 5.74) is 0.953. The topological polar surface area (TPSA) is 38.3 Å². The smallest absolute Gasteiger partial charge is 0.134 e. The summed E-state index contributed by atoms with van der Waals surface area (Å²) in [5.74, 6) is 2.03. The molecule has 3 rings (SSSR count). The van der Waals surface area contributed by atoms with Crippen molar-refractivity contribution in [2.45, 2.75) is 32.2 Å². The average molecular weight is 283 g/mol. The largest absolute Gasteiger partial charge is 0.469 e. The summed E-state index contributed by atoms with van der Waals surface area (Å²) in [7, 11) is 0. The lowest BCUT2D eigenvalue weighted by atomic mass is 10.1. The predicted molar refractivity (Wildman–Crippen MR) is 84.3 cm³/mol. The van der Waals surface area contributed by atoms with Gasteiger partial charge >= 0.3 is 0 Å². The first-order valence-electron chi connectivity index (χ1n) is 7.61. The zero-order chi connectivity index (χ0) is 14.5. The van der Waals surface area contributed by atoms with E-state index in [9.17, 15) is 0 Å². The third-order valence-electron chi connectivity index (χ3n) is 3.69. The number of nitrogens with one attached hydrogen (secondary N) is 1. The van der Waals surface area contributed by atoms with Gasteiger partial charge in [-0.15, -0.1) is 0 Å². The van der Waals surface area contributed by atoms with Gasteiger partial charge in [0.15, 0.2) is 0 Å². The molecule has 0 amide bonds. The molecule has 3 aromatic rings. The zero-order valence-corrected chi connectivity index (χ0v) is 12.3. The van der Waals surface area contributed by atoms with E-state index in [1.807, 2.05) is 30.3 Å². The number of fused-ring (bicyclic) bond motifs is 1. The number of rotatable bonds is 7. The van der Waals surface area contributed by atoms with Crippen LogP contribution in [0.15, 0.2) is 57.6 Å². The van der Waals surface area contributed by atoms with Crippen LogP contribution < -0.4 is 5.32 Å². The molecule has 0 fully saturated rings. The summed E-state index contributed by atoms with van der Waals surface area (Å²) in [4.78, 5) is 0. The van der Waals surface area contributed by atoms with Gasteiger partial charge in [-0.3, -0.25) is 0 Å². The van der Waals surface area contributed by atoms with Gasteiger partial charge in [-0.05, 0) is 43.7 Å². The number of aryl methyl sites for hydroxylation is 1. The van der Waals surface area contributed by atoms with E-state index in [0.29, 0.717) is 0 Å². The lowest BCUT2D eigenvalue weighted by Crippen LogP contribution is -2.22. The summed E-state index contributed by atoms with van der Waals surface area (Å²) in [5, 5.41) is 4.73. The summed E-state index contributed by atoms with van der Waals surface area (Å²) < 4.78 is 11.4. The van der Waals surface area contributed by atoms with Gasteiger partial charge in [0, 0.05) is 11.8 Å². The Morgan fingerprint density at radius 3 is 2.81 bits per heavy atom. The Labute approximate surface area is 124 Å². The molecule has 0 aliphatic rings. The molecule has 0 aliphatic carbocycles. The molecule has 3 nitrogen and oxygen atoms in total. The Balaban J connectivity index is 1.76. The third kappa shape index (κ3) is 3.37. The van der Waals surface area contributed by atoms with E-state index >= 15 is 0 Å². The number of para-hydroxylation sites is 1. The van der Waals surface area contributed by atoms with Crippen LogP contribution in [0.25, 0.3) is 11.0 Å². The Hall–Kier alpha value is -2.00. The number of furan rings is 2. The van der Waals surface area contributed by atoms with Crippen molar-refractivity contribution in [2.24, 2.45) is 0 Å². The van der Waals surface area contributed by atoms with Gasteiger partial charge in [0.2, 0.25) is 0 Å². The summed E-state index contributed by atoms with van der Waals surface area (Å²) >= 11 is 0. The average Bonchev–Trinajstić information content (AvgIpc) is 3.16. The Bertz CT molecular complexity index is 636. The highest BCUT2D eigenvalue weighted by atomic mass is 16.3. The fraction of sp³-hybridized carbons (Fsp3) is 0.333. The summed E-state index contributed by atoms with van der Waals surface area (Å²) in [6.45, 7) is 3.16. The monoisotopic (exact) mass is 283 g/mol. The SMILES string of the molecule is CCCNC(CCc1ccco1)c1cc2ccccc2o1. The van der Waals surface area contributed by atoms with Gasteiger partial charge in [-0.25, -0.2) is 0 Å². The molecular weight excluding hydrogens is 262 g/mol. The molecule has 0 bridgehead atoms. The maximum absolute atomic E-state index is 6.00. The van der Waals surface area contributed by atoms with Crippen LogP contribution in [0.1, 0.15) is 37.3 Å². The number of hydrogen-bond donors (Lipinski definition) is 1. The standard InChI is InChI=1S/C18H21NO2/c1-2-11-19-16(10-9-15-7-5-12-20-15)18-13-14-6-3-4-8-17(14)21-18/h3-8,12-13,16,19H,2,9-11H2,1H3. The fourth-order valence-electron chi connectivity index (χ4n) is 2.58. The number of benzene rings is 1. The second kappa shape index (κ2) is 6.64. The van der Waals surface area contributed by atoms with Crippen molar-refractivity contribution in [2.75, 3.05) is 6.54 Å². The van der Waals surface area contributed by atoms with E-state index in [-0.39, 0.29) is 6.04 Å². The van der Waals surface area contributed by atoms with Gasteiger partial charge in [-0.2, -0.15) is 0 Å². The van der Waals surface area contributed by atoms with Crippen molar-refractivity contribution in [1.82, 2.24) is 5.32 Å². The Kier molecular flexibility index (Phi) is 4.41. The highest BCUT2D eigenvalue weighted by Crippen LogP contribution is 2.26. The zero-order valence-electron chi connectivity index (χ0n) is 12.3. The van der Waals surface area contributed by atoms with Gasteiger partial charge < -0.3 is 14.2 Å². The molecule has 1 unspecified atom stereocenters. The van der Waals surface area contributed by atoms with Crippen molar-refractivity contribution in [1.29, 1.82) is 0 Å². The van der Waals surface area contributed by atoms with Crippen LogP contribution in [0.3, 0.4) is 0 Å². The minimum absolute atomic E-state index is 0.224. The second-order valence-corrected chi connectivity index (χ2v) is 5.31. The molecule has 2 heterocycles. The van der Waals surface area contributed by atoms with Crippen molar-refractivity contribution in [3.8, 4) is 0 Å². The van der Waals surface area contributed by atoms with Crippen LogP contribution in [0.5, 0.6) is 0 Å². The maximum atomic E-state index is 6.00. The van der Waals surface area contributed by atoms with Gasteiger partial charge in [0.25, 0.3) is 0 Å². The molecule has 0 aliphatic heterocycles. The van der Waals surface area contributed by atoms with Gasteiger partial charge in [-0.1, -0.05) is 25.1 Å². The summed E-state index contributed by atoms with van der Waals surface area (Å²) in [6.07, 6.45) is 4.71. The minimum atomic E-state index is 0.224. The van der Waals surface area contributed by atoms with E-state index in [1.54, 1.807) is 6.26 Å². The van der Waals surface area contributed by atoms with Crippen LogP contribution in [0.2, 0.25) is 0 Å². The molecule has 0 radical (unpaired) electrons. The predicted octanol–water partition coefficient (Wildman–Crippen LogP) is 4.70. The molecule has 3 heteroatoms. The molecule has 0 spiro atoms. The molecule has 1 aromatic carbocycles. The minimum Gasteiger partial charge on any atom is -0.469 e. The van der Waals surface area contributed by atoms with Crippen molar-refractivity contribution in [3.63, 3.8) is 0 Å². The van der Waals surface area contributed by atoms with Crippen molar-refractivity contribution >= 4 is 11.0 Å². The quantitative estimate of drug-likeness (QED) is 0.683. The van der Waals surface area contributed by atoms with Gasteiger partial charge in [0.05, 0.1) is 12.3 Å². The molecular formula is C18H21NO2. The second-order valence-electron chi connectivity index (χ2n) is 5.31. The molecule has 0 saturated heterocycles. The fourth-order valence-corrected chi connectivity index (χ4v) is 2.58. The van der Waals surface area contributed by atoms with Crippen LogP contribution in [-0.2, 0) is 6.42 Å². The molecule has 0 saturated carbocycles. The number of hydrogen-bond acceptors (Lipinski definition) is 3. The molecule has 2 aromatic heterocycles. The van der Waals surface area contributed by atoms with E-state index < -0.39 is 0 Å². The Morgan fingerprint density at radius 2 is 2.05 bits per heavy atom. The van der Waals surface area contributed by atoms with Crippen molar-refractivity contribution in [3.05, 3.63) is 60.2 Å².